The van der Waals surface area contributed by atoms with Gasteiger partial charge in [-0.05, 0) is 54.5 Å². The van der Waals surface area contributed by atoms with Crippen LogP contribution in [0.1, 0.15) is 74.1 Å². The van der Waals surface area contributed by atoms with Crippen LogP contribution in [0.5, 0.6) is 0 Å². The van der Waals surface area contributed by atoms with E-state index in [4.69, 9.17) is 24.7 Å². The summed E-state index contributed by atoms with van der Waals surface area (Å²) in [5, 5.41) is 0. The average Bonchev–Trinajstić information content (AvgIpc) is 2.60. The maximum Gasteiger partial charge on any atom is 0.142 e. The van der Waals surface area contributed by atoms with Gasteiger partial charge in [0.25, 0.3) is 0 Å². The third-order valence-electron chi connectivity index (χ3n) is 4.37. The summed E-state index contributed by atoms with van der Waals surface area (Å²) in [5.74, 6) is 0. The van der Waals surface area contributed by atoms with Crippen molar-refractivity contribution < 1.29 is 18.9 Å². The monoisotopic (exact) mass is 423 g/mol. The number of unbranched alkanes of at least 4 members (excludes halogenated alkanes) is 2. The minimum absolute atomic E-state index is 0.210. The highest BCUT2D eigenvalue weighted by molar-refractivity contribution is 6.39. The zero-order chi connectivity index (χ0) is 21.0. The van der Waals surface area contributed by atoms with Crippen molar-refractivity contribution in [2.24, 2.45) is 5.73 Å². The van der Waals surface area contributed by atoms with Crippen LogP contribution in [0, 0.1) is 0 Å². The minimum atomic E-state index is -0.313. The summed E-state index contributed by atoms with van der Waals surface area (Å²) in [6.45, 7) is 18.3. The van der Waals surface area contributed by atoms with E-state index in [1.165, 1.54) is 31.4 Å². The molecular formula is C20H49NO4Si2. The molecule has 0 unspecified atom stereocenters. The first kappa shape index (κ1) is 29.4. The van der Waals surface area contributed by atoms with Gasteiger partial charge >= 0.3 is 0 Å². The van der Waals surface area contributed by atoms with E-state index in [1.54, 1.807) is 0 Å². The molecule has 0 saturated heterocycles. The molecule has 0 aliphatic rings. The van der Waals surface area contributed by atoms with E-state index in [0.717, 1.165) is 39.4 Å². The topological polar surface area (TPSA) is 62.9 Å². The predicted molar refractivity (Wildman–Crippen MR) is 123 cm³/mol. The molecule has 7 heteroatoms. The summed E-state index contributed by atoms with van der Waals surface area (Å²) in [6, 6.07) is 2.58. The van der Waals surface area contributed by atoms with E-state index in [1.807, 2.05) is 27.7 Å². The van der Waals surface area contributed by atoms with Crippen LogP contribution in [0.15, 0.2) is 0 Å². The Bertz CT molecular complexity index is 298. The van der Waals surface area contributed by atoms with Gasteiger partial charge in [0.05, 0.1) is 19.0 Å². The van der Waals surface area contributed by atoms with Crippen molar-refractivity contribution in [3.63, 3.8) is 0 Å². The SMILES string of the molecule is CCCC[SiH2]C(C)(OCC)OCC.CCOC(C)(OCC)[SiH2]CCCCN. The molecule has 0 atom stereocenters. The summed E-state index contributed by atoms with van der Waals surface area (Å²) in [6.07, 6.45) is 4.95. The van der Waals surface area contributed by atoms with Crippen LogP contribution in [0.3, 0.4) is 0 Å². The van der Waals surface area contributed by atoms with Crippen molar-refractivity contribution in [2.45, 2.75) is 97.1 Å². The van der Waals surface area contributed by atoms with Gasteiger partial charge in [0.1, 0.15) is 10.8 Å². The molecule has 27 heavy (non-hydrogen) atoms. The Morgan fingerprint density at radius 3 is 1.30 bits per heavy atom. The summed E-state index contributed by atoms with van der Waals surface area (Å²) < 4.78 is 22.6. The van der Waals surface area contributed by atoms with E-state index in [-0.39, 0.29) is 29.9 Å². The molecule has 0 spiro atoms. The molecule has 2 N–H and O–H groups in total. The molecule has 5 nitrogen and oxygen atoms in total. The second-order valence-electron chi connectivity index (χ2n) is 7.06. The molecular weight excluding hydrogens is 374 g/mol. The van der Waals surface area contributed by atoms with Gasteiger partial charge in [0, 0.05) is 26.4 Å². The van der Waals surface area contributed by atoms with Crippen molar-refractivity contribution >= 4 is 19.0 Å². The van der Waals surface area contributed by atoms with Gasteiger partial charge in [0.2, 0.25) is 0 Å². The average molecular weight is 424 g/mol. The first-order chi connectivity index (χ1) is 12.9. The minimum Gasteiger partial charge on any atom is -0.355 e. The fourth-order valence-corrected chi connectivity index (χ4v) is 7.09. The lowest BCUT2D eigenvalue weighted by molar-refractivity contribution is -0.163. The highest BCUT2D eigenvalue weighted by Crippen LogP contribution is 2.14. The molecule has 0 bridgehead atoms. The normalized spacial score (nSPS) is 12.9. The molecule has 0 radical (unpaired) electrons. The van der Waals surface area contributed by atoms with Crippen LogP contribution in [0.2, 0.25) is 12.1 Å². The molecule has 166 valence electrons. The van der Waals surface area contributed by atoms with Gasteiger partial charge in [0.15, 0.2) is 0 Å². The molecule has 0 rings (SSSR count). The molecule has 0 aromatic carbocycles. The van der Waals surface area contributed by atoms with Gasteiger partial charge in [-0.25, -0.2) is 0 Å². The first-order valence-electron chi connectivity index (χ1n) is 11.1. The molecule has 0 amide bonds. The summed E-state index contributed by atoms with van der Waals surface area (Å²) in [7, 11) is -0.562. The van der Waals surface area contributed by atoms with Crippen molar-refractivity contribution in [3.8, 4) is 0 Å². The van der Waals surface area contributed by atoms with Crippen LogP contribution in [-0.4, -0.2) is 62.8 Å². The number of hydrogen-bond acceptors (Lipinski definition) is 5. The Morgan fingerprint density at radius 2 is 1.00 bits per heavy atom. The Hall–Kier alpha value is 0.234. The molecule has 0 heterocycles. The van der Waals surface area contributed by atoms with Crippen LogP contribution >= 0.6 is 0 Å². The van der Waals surface area contributed by atoms with Crippen LogP contribution in [0.4, 0.5) is 0 Å². The fraction of sp³-hybridized carbons (Fsp3) is 1.00. The quantitative estimate of drug-likeness (QED) is 0.221. The van der Waals surface area contributed by atoms with E-state index in [2.05, 4.69) is 20.8 Å². The van der Waals surface area contributed by atoms with Crippen molar-refractivity contribution in [3.05, 3.63) is 0 Å². The Labute approximate surface area is 174 Å². The fourth-order valence-electron chi connectivity index (χ4n) is 3.06. The second kappa shape index (κ2) is 19.5. The van der Waals surface area contributed by atoms with Gasteiger partial charge in [-0.15, -0.1) is 0 Å². The zero-order valence-corrected chi connectivity index (χ0v) is 22.2. The van der Waals surface area contributed by atoms with E-state index in [9.17, 15) is 0 Å². The van der Waals surface area contributed by atoms with Gasteiger partial charge < -0.3 is 24.7 Å². The summed E-state index contributed by atoms with van der Waals surface area (Å²) in [4.78, 5) is 0. The molecule has 0 saturated carbocycles. The number of ether oxygens (including phenoxy) is 4. The third-order valence-corrected chi connectivity index (χ3v) is 8.71. The Kier molecular flexibility index (Phi) is 21.3. The molecule has 0 aliphatic carbocycles. The molecule has 0 aliphatic heterocycles. The van der Waals surface area contributed by atoms with E-state index >= 15 is 0 Å². The summed E-state index contributed by atoms with van der Waals surface area (Å²) >= 11 is 0. The molecule has 0 aromatic heterocycles. The second-order valence-corrected chi connectivity index (χ2v) is 12.0. The lowest BCUT2D eigenvalue weighted by Gasteiger charge is -2.29. The van der Waals surface area contributed by atoms with Crippen molar-refractivity contribution in [1.29, 1.82) is 0 Å². The van der Waals surface area contributed by atoms with Crippen LogP contribution < -0.4 is 5.73 Å². The zero-order valence-electron chi connectivity index (χ0n) is 19.4. The maximum atomic E-state index is 5.66. The number of nitrogens with two attached hydrogens (primary N) is 1. The lowest BCUT2D eigenvalue weighted by Crippen LogP contribution is -2.39. The van der Waals surface area contributed by atoms with Crippen molar-refractivity contribution in [1.82, 2.24) is 0 Å². The largest absolute Gasteiger partial charge is 0.355 e. The Balaban J connectivity index is 0. The maximum absolute atomic E-state index is 5.66. The first-order valence-corrected chi connectivity index (χ1v) is 14.5. The highest BCUT2D eigenvalue weighted by Gasteiger charge is 2.24. The predicted octanol–water partition coefficient (Wildman–Crippen LogP) is 3.18. The van der Waals surface area contributed by atoms with Crippen LogP contribution in [0.25, 0.3) is 0 Å². The molecule has 0 aromatic rings. The summed E-state index contributed by atoms with van der Waals surface area (Å²) in [5.41, 5.74) is 4.99. The lowest BCUT2D eigenvalue weighted by atomic mass is 10.3. The van der Waals surface area contributed by atoms with E-state index in [0.29, 0.717) is 0 Å². The van der Waals surface area contributed by atoms with Crippen molar-refractivity contribution in [2.75, 3.05) is 33.0 Å². The van der Waals surface area contributed by atoms with Gasteiger partial charge in [-0.1, -0.05) is 38.3 Å². The molecule has 0 fully saturated rings. The van der Waals surface area contributed by atoms with E-state index < -0.39 is 0 Å². The standard InChI is InChI=1S/C10H25NO2Si.C10H24O2Si/c1-4-12-10(3,13-5-2)14-9-7-6-8-11;1-5-8-9-13-10(4,11-6-2)12-7-3/h4-9,11,14H2,1-3H3;5-9,13H2,1-4H3. The van der Waals surface area contributed by atoms with Crippen LogP contribution in [-0.2, 0) is 18.9 Å². The Morgan fingerprint density at radius 1 is 0.630 bits per heavy atom. The third kappa shape index (κ3) is 18.0. The van der Waals surface area contributed by atoms with Gasteiger partial charge in [-0.3, -0.25) is 0 Å². The number of hydrogen-bond donors (Lipinski definition) is 1. The number of rotatable bonds is 17. The van der Waals surface area contributed by atoms with Gasteiger partial charge in [-0.2, -0.15) is 0 Å². The highest BCUT2D eigenvalue weighted by atomic mass is 28.2. The smallest absolute Gasteiger partial charge is 0.142 e.